The van der Waals surface area contributed by atoms with Crippen molar-refractivity contribution in [2.75, 3.05) is 31.9 Å². The molecule has 1 aliphatic heterocycles. The van der Waals surface area contributed by atoms with Crippen LogP contribution < -0.4 is 0 Å². The minimum atomic E-state index is -0.323. The van der Waals surface area contributed by atoms with Crippen molar-refractivity contribution in [1.82, 2.24) is 9.80 Å². The standard InChI is InChI=1S/C23H24F2N2O2S/c24-19-7-3-16(4-8-19)22(17-5-9-20(25)10-6-17)30-15-21(28)26-11-13-27(14-12-26)23(29)18-1-2-18/h3-10,18,22H,1-2,11-15H2. The van der Waals surface area contributed by atoms with Crippen molar-refractivity contribution < 1.29 is 18.4 Å². The molecule has 0 aromatic heterocycles. The van der Waals surface area contributed by atoms with Crippen LogP contribution in [0.5, 0.6) is 0 Å². The zero-order chi connectivity index (χ0) is 21.1. The van der Waals surface area contributed by atoms with Gasteiger partial charge in [0.25, 0.3) is 0 Å². The second-order valence-corrected chi connectivity index (χ2v) is 8.87. The van der Waals surface area contributed by atoms with Crippen LogP contribution in [0.4, 0.5) is 8.78 Å². The summed E-state index contributed by atoms with van der Waals surface area (Å²) < 4.78 is 26.7. The number of piperazine rings is 1. The lowest BCUT2D eigenvalue weighted by Crippen LogP contribution is -2.51. The van der Waals surface area contributed by atoms with Crippen molar-refractivity contribution in [3.05, 3.63) is 71.3 Å². The van der Waals surface area contributed by atoms with Gasteiger partial charge >= 0.3 is 0 Å². The molecule has 1 heterocycles. The molecule has 0 bridgehead atoms. The summed E-state index contributed by atoms with van der Waals surface area (Å²) >= 11 is 1.45. The van der Waals surface area contributed by atoms with Gasteiger partial charge in [0.05, 0.1) is 11.0 Å². The van der Waals surface area contributed by atoms with Crippen molar-refractivity contribution in [3.8, 4) is 0 Å². The van der Waals surface area contributed by atoms with Crippen molar-refractivity contribution >= 4 is 23.6 Å². The largest absolute Gasteiger partial charge is 0.339 e. The van der Waals surface area contributed by atoms with Crippen molar-refractivity contribution in [2.45, 2.75) is 18.1 Å². The molecule has 0 spiro atoms. The summed E-state index contributed by atoms with van der Waals surface area (Å²) in [6.45, 7) is 2.28. The molecule has 0 unspecified atom stereocenters. The van der Waals surface area contributed by atoms with Crippen LogP contribution in [-0.2, 0) is 9.59 Å². The van der Waals surface area contributed by atoms with E-state index in [0.717, 1.165) is 24.0 Å². The summed E-state index contributed by atoms with van der Waals surface area (Å²) in [5.74, 6) is 0.0650. The number of rotatable bonds is 6. The van der Waals surface area contributed by atoms with E-state index >= 15 is 0 Å². The molecule has 2 aromatic carbocycles. The van der Waals surface area contributed by atoms with Gasteiger partial charge in [0.15, 0.2) is 0 Å². The van der Waals surface area contributed by atoms with Crippen LogP contribution in [0.3, 0.4) is 0 Å². The topological polar surface area (TPSA) is 40.6 Å². The minimum absolute atomic E-state index is 0.0211. The van der Waals surface area contributed by atoms with Gasteiger partial charge in [-0.15, -0.1) is 11.8 Å². The minimum Gasteiger partial charge on any atom is -0.339 e. The van der Waals surface area contributed by atoms with E-state index in [-0.39, 0.29) is 40.4 Å². The van der Waals surface area contributed by atoms with Crippen LogP contribution >= 0.6 is 11.8 Å². The maximum Gasteiger partial charge on any atom is 0.232 e. The Labute approximate surface area is 179 Å². The summed E-state index contributed by atoms with van der Waals surface area (Å²) in [5, 5.41) is -0.201. The smallest absolute Gasteiger partial charge is 0.232 e. The molecule has 1 saturated heterocycles. The predicted octanol–water partition coefficient (Wildman–Crippen LogP) is 3.87. The third-order valence-electron chi connectivity index (χ3n) is 5.59. The van der Waals surface area contributed by atoms with E-state index in [2.05, 4.69) is 0 Å². The van der Waals surface area contributed by atoms with E-state index in [1.807, 2.05) is 4.90 Å². The first-order valence-electron chi connectivity index (χ1n) is 10.2. The Kier molecular flexibility index (Phi) is 6.37. The molecule has 4 rings (SSSR count). The third-order valence-corrected chi connectivity index (χ3v) is 6.88. The van der Waals surface area contributed by atoms with E-state index in [0.29, 0.717) is 26.2 Å². The maximum absolute atomic E-state index is 13.4. The van der Waals surface area contributed by atoms with Gasteiger partial charge < -0.3 is 9.80 Å². The fraction of sp³-hybridized carbons (Fsp3) is 0.391. The molecule has 0 atom stereocenters. The highest BCUT2D eigenvalue weighted by Crippen LogP contribution is 2.36. The molecule has 158 valence electrons. The molecule has 30 heavy (non-hydrogen) atoms. The third kappa shape index (κ3) is 5.01. The first-order valence-corrected chi connectivity index (χ1v) is 11.3. The Bertz CT molecular complexity index is 847. The van der Waals surface area contributed by atoms with Crippen molar-refractivity contribution in [2.24, 2.45) is 5.92 Å². The lowest BCUT2D eigenvalue weighted by atomic mass is 10.0. The van der Waals surface area contributed by atoms with Crippen LogP contribution in [0, 0.1) is 17.6 Å². The number of carbonyl (C=O) groups excluding carboxylic acids is 2. The molecular formula is C23H24F2N2O2S. The number of hydrogen-bond acceptors (Lipinski definition) is 3. The van der Waals surface area contributed by atoms with Crippen molar-refractivity contribution in [1.29, 1.82) is 0 Å². The second kappa shape index (κ2) is 9.16. The van der Waals surface area contributed by atoms with E-state index < -0.39 is 0 Å². The summed E-state index contributed by atoms with van der Waals surface area (Å²) in [4.78, 5) is 28.6. The van der Waals surface area contributed by atoms with Crippen LogP contribution in [0.25, 0.3) is 0 Å². The summed E-state index contributed by atoms with van der Waals surface area (Å²) in [6, 6.07) is 12.4. The lowest BCUT2D eigenvalue weighted by molar-refractivity contribution is -0.139. The molecule has 7 heteroatoms. The molecule has 2 aliphatic rings. The number of thioether (sulfide) groups is 1. The molecule has 4 nitrogen and oxygen atoms in total. The highest BCUT2D eigenvalue weighted by atomic mass is 32.2. The van der Waals surface area contributed by atoms with E-state index in [4.69, 9.17) is 0 Å². The van der Waals surface area contributed by atoms with E-state index in [9.17, 15) is 18.4 Å². The van der Waals surface area contributed by atoms with Crippen LogP contribution in [-0.4, -0.2) is 53.5 Å². The van der Waals surface area contributed by atoms with Gasteiger partial charge in [0.1, 0.15) is 11.6 Å². The number of benzene rings is 2. The summed E-state index contributed by atoms with van der Waals surface area (Å²) in [7, 11) is 0. The Morgan fingerprint density at radius 1 is 0.833 bits per heavy atom. The Hall–Kier alpha value is -2.41. The fourth-order valence-electron chi connectivity index (χ4n) is 3.67. The first kappa shape index (κ1) is 20.8. The molecule has 1 saturated carbocycles. The van der Waals surface area contributed by atoms with Gasteiger partial charge in [-0.3, -0.25) is 9.59 Å². The first-order chi connectivity index (χ1) is 14.5. The van der Waals surface area contributed by atoms with E-state index in [1.54, 1.807) is 29.2 Å². The number of amides is 2. The van der Waals surface area contributed by atoms with Crippen LogP contribution in [0.15, 0.2) is 48.5 Å². The SMILES string of the molecule is O=C(CSC(c1ccc(F)cc1)c1ccc(F)cc1)N1CCN(C(=O)C2CC2)CC1. The maximum atomic E-state index is 13.4. The number of carbonyl (C=O) groups is 2. The monoisotopic (exact) mass is 430 g/mol. The van der Waals surface area contributed by atoms with Gasteiger partial charge in [-0.25, -0.2) is 8.78 Å². The Morgan fingerprint density at radius 2 is 1.30 bits per heavy atom. The zero-order valence-corrected chi connectivity index (χ0v) is 17.4. The average Bonchev–Trinajstić information content (AvgIpc) is 3.61. The lowest BCUT2D eigenvalue weighted by Gasteiger charge is -2.35. The number of halogens is 2. The van der Waals surface area contributed by atoms with E-state index in [1.165, 1.54) is 36.0 Å². The molecule has 2 fully saturated rings. The quantitative estimate of drug-likeness (QED) is 0.699. The van der Waals surface area contributed by atoms with Gasteiger partial charge in [0.2, 0.25) is 11.8 Å². The van der Waals surface area contributed by atoms with Gasteiger partial charge in [-0.05, 0) is 48.2 Å². The summed E-state index contributed by atoms with van der Waals surface area (Å²) in [5.41, 5.74) is 1.72. The molecular weight excluding hydrogens is 406 g/mol. The summed E-state index contributed by atoms with van der Waals surface area (Å²) in [6.07, 6.45) is 1.98. The van der Waals surface area contributed by atoms with Gasteiger partial charge in [0, 0.05) is 32.1 Å². The highest BCUT2D eigenvalue weighted by molar-refractivity contribution is 8.00. The van der Waals surface area contributed by atoms with Gasteiger partial charge in [-0.1, -0.05) is 24.3 Å². The number of hydrogen-bond donors (Lipinski definition) is 0. The molecule has 2 amide bonds. The normalized spacial score (nSPS) is 16.8. The predicted molar refractivity (Wildman–Crippen MR) is 113 cm³/mol. The van der Waals surface area contributed by atoms with Crippen LogP contribution in [0.2, 0.25) is 0 Å². The number of nitrogens with zero attached hydrogens (tertiary/aromatic N) is 2. The molecule has 2 aromatic rings. The fourth-order valence-corrected chi connectivity index (χ4v) is 4.86. The highest BCUT2D eigenvalue weighted by Gasteiger charge is 2.35. The zero-order valence-electron chi connectivity index (χ0n) is 16.6. The Morgan fingerprint density at radius 3 is 1.77 bits per heavy atom. The van der Waals surface area contributed by atoms with Crippen molar-refractivity contribution in [3.63, 3.8) is 0 Å². The average molecular weight is 431 g/mol. The second-order valence-electron chi connectivity index (χ2n) is 7.77. The van der Waals surface area contributed by atoms with Crippen LogP contribution in [0.1, 0.15) is 29.2 Å². The molecule has 0 radical (unpaired) electrons. The molecule has 0 N–H and O–H groups in total. The molecule has 1 aliphatic carbocycles. The van der Waals surface area contributed by atoms with Gasteiger partial charge in [-0.2, -0.15) is 0 Å². The Balaban J connectivity index is 1.38.